The van der Waals surface area contributed by atoms with Crippen LogP contribution in [0.4, 0.5) is 0 Å². The van der Waals surface area contributed by atoms with Crippen molar-refractivity contribution in [2.45, 2.75) is 33.2 Å². The van der Waals surface area contributed by atoms with E-state index >= 15 is 0 Å². The lowest BCUT2D eigenvalue weighted by atomic mass is 10.0. The van der Waals surface area contributed by atoms with Crippen LogP contribution in [0.2, 0.25) is 0 Å². The summed E-state index contributed by atoms with van der Waals surface area (Å²) >= 11 is 0. The van der Waals surface area contributed by atoms with Gasteiger partial charge in [0.15, 0.2) is 5.96 Å². The molecule has 1 aliphatic rings. The Morgan fingerprint density at radius 1 is 1.48 bits per heavy atom. The quantitative estimate of drug-likeness (QED) is 0.455. The number of hydrogen-bond donors (Lipinski definition) is 1. The van der Waals surface area contributed by atoms with E-state index in [0.717, 1.165) is 36.3 Å². The number of nitrogens with zero attached hydrogens (tertiary/aromatic N) is 4. The predicted octanol–water partition coefficient (Wildman–Crippen LogP) is 3.07. The molecule has 5 nitrogen and oxygen atoms in total. The summed E-state index contributed by atoms with van der Waals surface area (Å²) in [5.41, 5.74) is 3.27. The van der Waals surface area contributed by atoms with E-state index in [1.807, 2.05) is 7.05 Å². The molecule has 0 spiro atoms. The highest BCUT2D eigenvalue weighted by Gasteiger charge is 2.19. The Labute approximate surface area is 155 Å². The molecule has 0 aliphatic carbocycles. The van der Waals surface area contributed by atoms with Crippen molar-refractivity contribution >= 4 is 35.6 Å². The second-order valence-corrected chi connectivity index (χ2v) is 6.30. The molecule has 2 aromatic heterocycles. The molecule has 0 saturated carbocycles. The zero-order valence-corrected chi connectivity index (χ0v) is 16.4. The van der Waals surface area contributed by atoms with Crippen LogP contribution in [0.3, 0.4) is 0 Å². The van der Waals surface area contributed by atoms with E-state index in [0.29, 0.717) is 6.54 Å². The summed E-state index contributed by atoms with van der Waals surface area (Å²) in [6.07, 6.45) is 6.70. The summed E-state index contributed by atoms with van der Waals surface area (Å²) in [5.74, 6) is 1.73. The third-order valence-corrected chi connectivity index (χ3v) is 4.26. The van der Waals surface area contributed by atoms with Crippen molar-refractivity contribution in [3.05, 3.63) is 35.8 Å². The first-order chi connectivity index (χ1) is 10.7. The lowest BCUT2D eigenvalue weighted by Gasteiger charge is -2.33. The van der Waals surface area contributed by atoms with Gasteiger partial charge in [-0.25, -0.2) is 4.98 Å². The molecule has 1 N–H and O–H groups in total. The molecule has 1 fully saturated rings. The number of guanidine groups is 1. The lowest BCUT2D eigenvalue weighted by Crippen LogP contribution is -2.45. The molecule has 0 amide bonds. The van der Waals surface area contributed by atoms with E-state index in [9.17, 15) is 0 Å². The van der Waals surface area contributed by atoms with E-state index in [1.54, 1.807) is 0 Å². The first-order valence-electron chi connectivity index (χ1n) is 8.05. The first kappa shape index (κ1) is 18.0. The van der Waals surface area contributed by atoms with Crippen LogP contribution >= 0.6 is 24.0 Å². The number of hydrogen-bond acceptors (Lipinski definition) is 2. The number of halogens is 1. The molecular formula is C17H26IN5. The van der Waals surface area contributed by atoms with E-state index in [-0.39, 0.29) is 24.0 Å². The molecule has 1 unspecified atom stereocenters. The van der Waals surface area contributed by atoms with Crippen molar-refractivity contribution in [1.29, 1.82) is 0 Å². The molecule has 23 heavy (non-hydrogen) atoms. The standard InChI is InChI=1S/C17H25N5.HI/c1-13-6-8-21-12-15(20-16(21)9-13)10-19-17(18-3)22-7-4-5-14(2)11-22;/h6,8-9,12,14H,4-5,7,10-11H2,1-3H3,(H,18,19);1H. The molecule has 3 rings (SSSR count). The Bertz CT molecular complexity index is 679. The van der Waals surface area contributed by atoms with Gasteiger partial charge < -0.3 is 14.6 Å². The van der Waals surface area contributed by atoms with E-state index in [2.05, 4.69) is 63.0 Å². The van der Waals surface area contributed by atoms with Crippen LogP contribution in [0.25, 0.3) is 5.65 Å². The third-order valence-electron chi connectivity index (χ3n) is 4.26. The Hall–Kier alpha value is -1.31. The zero-order valence-electron chi connectivity index (χ0n) is 14.1. The number of aromatic nitrogens is 2. The third kappa shape index (κ3) is 4.37. The smallest absolute Gasteiger partial charge is 0.193 e. The highest BCUT2D eigenvalue weighted by atomic mass is 127. The molecule has 6 heteroatoms. The summed E-state index contributed by atoms with van der Waals surface area (Å²) in [5, 5.41) is 3.45. The number of rotatable bonds is 2. The molecule has 1 saturated heterocycles. The van der Waals surface area contributed by atoms with Gasteiger partial charge in [0.05, 0.1) is 12.2 Å². The molecule has 1 atom stereocenters. The highest BCUT2D eigenvalue weighted by molar-refractivity contribution is 14.0. The number of imidazole rings is 1. The van der Waals surface area contributed by atoms with Gasteiger partial charge in [0.1, 0.15) is 5.65 Å². The molecule has 0 radical (unpaired) electrons. The average molecular weight is 427 g/mol. The largest absolute Gasteiger partial charge is 0.351 e. The Morgan fingerprint density at radius 3 is 3.04 bits per heavy atom. The second kappa shape index (κ2) is 7.99. The normalized spacial score (nSPS) is 18.8. The maximum Gasteiger partial charge on any atom is 0.193 e. The van der Waals surface area contributed by atoms with Crippen molar-refractivity contribution in [2.24, 2.45) is 10.9 Å². The summed E-state index contributed by atoms with van der Waals surface area (Å²) in [4.78, 5) is 11.4. The number of nitrogens with one attached hydrogen (secondary N) is 1. The monoisotopic (exact) mass is 427 g/mol. The van der Waals surface area contributed by atoms with Crippen LogP contribution in [0, 0.1) is 12.8 Å². The average Bonchev–Trinajstić information content (AvgIpc) is 2.90. The maximum atomic E-state index is 4.67. The van der Waals surface area contributed by atoms with Crippen LogP contribution in [0.5, 0.6) is 0 Å². The van der Waals surface area contributed by atoms with Gasteiger partial charge >= 0.3 is 0 Å². The van der Waals surface area contributed by atoms with Crippen molar-refractivity contribution < 1.29 is 0 Å². The minimum absolute atomic E-state index is 0. The van der Waals surface area contributed by atoms with Crippen LogP contribution in [-0.2, 0) is 6.54 Å². The minimum atomic E-state index is 0. The van der Waals surface area contributed by atoms with Crippen molar-refractivity contribution in [2.75, 3.05) is 20.1 Å². The van der Waals surface area contributed by atoms with Gasteiger partial charge in [-0.05, 0) is 43.4 Å². The van der Waals surface area contributed by atoms with Gasteiger partial charge in [-0.3, -0.25) is 4.99 Å². The number of likely N-dealkylation sites (tertiary alicyclic amines) is 1. The fraction of sp³-hybridized carbons (Fsp3) is 0.529. The van der Waals surface area contributed by atoms with Gasteiger partial charge in [-0.15, -0.1) is 24.0 Å². The fourth-order valence-electron chi connectivity index (χ4n) is 3.11. The topological polar surface area (TPSA) is 44.9 Å². The number of aryl methyl sites for hydroxylation is 1. The van der Waals surface area contributed by atoms with Crippen molar-refractivity contribution in [3.8, 4) is 0 Å². The van der Waals surface area contributed by atoms with Gasteiger partial charge in [-0.2, -0.15) is 0 Å². The van der Waals surface area contributed by atoms with Crippen LogP contribution in [0.15, 0.2) is 29.5 Å². The van der Waals surface area contributed by atoms with E-state index in [1.165, 1.54) is 18.4 Å². The van der Waals surface area contributed by atoms with Crippen LogP contribution in [0.1, 0.15) is 31.0 Å². The number of fused-ring (bicyclic) bond motifs is 1. The SMILES string of the molecule is CN=C(NCc1cn2ccc(C)cc2n1)N1CCCC(C)C1.I. The van der Waals surface area contributed by atoms with Gasteiger partial charge in [-0.1, -0.05) is 6.92 Å². The van der Waals surface area contributed by atoms with Crippen molar-refractivity contribution in [3.63, 3.8) is 0 Å². The second-order valence-electron chi connectivity index (χ2n) is 6.30. The molecule has 2 aromatic rings. The number of aliphatic imine (C=N–C) groups is 1. The van der Waals surface area contributed by atoms with Crippen LogP contribution in [-0.4, -0.2) is 40.4 Å². The maximum absolute atomic E-state index is 4.67. The molecule has 0 bridgehead atoms. The lowest BCUT2D eigenvalue weighted by molar-refractivity contribution is 0.266. The number of piperidine rings is 1. The first-order valence-corrected chi connectivity index (χ1v) is 8.05. The highest BCUT2D eigenvalue weighted by Crippen LogP contribution is 2.15. The Balaban J connectivity index is 0.00000192. The van der Waals surface area contributed by atoms with Gasteiger partial charge in [0.25, 0.3) is 0 Å². The molecule has 1 aliphatic heterocycles. The molecule has 3 heterocycles. The zero-order chi connectivity index (χ0) is 15.5. The predicted molar refractivity (Wildman–Crippen MR) is 106 cm³/mol. The Morgan fingerprint density at radius 2 is 2.30 bits per heavy atom. The molecule has 126 valence electrons. The van der Waals surface area contributed by atoms with Crippen molar-refractivity contribution in [1.82, 2.24) is 19.6 Å². The molecular weight excluding hydrogens is 401 g/mol. The summed E-state index contributed by atoms with van der Waals surface area (Å²) in [6.45, 7) is 7.28. The van der Waals surface area contributed by atoms with E-state index in [4.69, 9.17) is 0 Å². The van der Waals surface area contributed by atoms with E-state index < -0.39 is 0 Å². The Kier molecular flexibility index (Phi) is 6.26. The van der Waals surface area contributed by atoms with Gasteiger partial charge in [0.2, 0.25) is 0 Å². The molecule has 0 aromatic carbocycles. The minimum Gasteiger partial charge on any atom is -0.351 e. The summed E-state index contributed by atoms with van der Waals surface area (Å²) < 4.78 is 2.07. The fourth-order valence-corrected chi connectivity index (χ4v) is 3.11. The summed E-state index contributed by atoms with van der Waals surface area (Å²) in [6, 6.07) is 4.20. The number of pyridine rings is 1. The summed E-state index contributed by atoms with van der Waals surface area (Å²) in [7, 11) is 1.86. The van der Waals surface area contributed by atoms with Crippen LogP contribution < -0.4 is 5.32 Å². The van der Waals surface area contributed by atoms with Gasteiger partial charge in [0, 0.05) is 32.5 Å².